The van der Waals surface area contributed by atoms with Crippen LogP contribution in [0.1, 0.15) is 13.8 Å². The van der Waals surface area contributed by atoms with Gasteiger partial charge >= 0.3 is 6.03 Å². The van der Waals surface area contributed by atoms with Gasteiger partial charge in [-0.2, -0.15) is 5.01 Å². The van der Waals surface area contributed by atoms with Crippen LogP contribution in [0.3, 0.4) is 0 Å². The van der Waals surface area contributed by atoms with Crippen LogP contribution in [0.25, 0.3) is 0 Å². The molecule has 0 aromatic carbocycles. The van der Waals surface area contributed by atoms with E-state index in [0.717, 1.165) is 5.01 Å². The molecule has 0 aliphatic carbocycles. The fraction of sp³-hybridized carbons (Fsp3) is 0.833. The Hall–Kier alpha value is -1.13. The third kappa shape index (κ3) is 2.53. The first-order valence-corrected chi connectivity index (χ1v) is 3.53. The lowest BCUT2D eigenvalue weighted by molar-refractivity contribution is 0.168. The Kier molecular flexibility index (Phi) is 4.17. The number of urea groups is 1. The van der Waals surface area contributed by atoms with Crippen molar-refractivity contribution in [2.24, 2.45) is 5.29 Å². The van der Waals surface area contributed by atoms with Gasteiger partial charge in [0.25, 0.3) is 0 Å². The highest BCUT2D eigenvalue weighted by Crippen LogP contribution is 1.95. The van der Waals surface area contributed by atoms with Gasteiger partial charge in [0, 0.05) is 20.1 Å². The fourth-order valence-corrected chi connectivity index (χ4v) is 0.734. The summed E-state index contributed by atoms with van der Waals surface area (Å²) in [6.07, 6.45) is 0. The van der Waals surface area contributed by atoms with Crippen molar-refractivity contribution in [2.45, 2.75) is 13.8 Å². The van der Waals surface area contributed by atoms with Crippen LogP contribution in [0, 0.1) is 4.91 Å². The van der Waals surface area contributed by atoms with Gasteiger partial charge in [-0.15, -0.1) is 4.91 Å². The van der Waals surface area contributed by atoms with Crippen LogP contribution >= 0.6 is 0 Å². The number of amides is 2. The average Bonchev–Trinajstić information content (AvgIpc) is 2.05. The Morgan fingerprint density at radius 3 is 2.09 bits per heavy atom. The lowest BCUT2D eigenvalue weighted by Gasteiger charge is -2.20. The molecule has 0 heterocycles. The zero-order valence-corrected chi connectivity index (χ0v) is 7.07. The van der Waals surface area contributed by atoms with Crippen molar-refractivity contribution >= 4 is 6.03 Å². The predicted molar refractivity (Wildman–Crippen MR) is 41.9 cm³/mol. The normalized spacial score (nSPS) is 9.00. The van der Waals surface area contributed by atoms with Crippen LogP contribution < -0.4 is 0 Å². The van der Waals surface area contributed by atoms with E-state index in [-0.39, 0.29) is 6.03 Å². The smallest absolute Gasteiger partial charge is 0.324 e. The molecule has 0 bridgehead atoms. The van der Waals surface area contributed by atoms with Crippen LogP contribution in [0.15, 0.2) is 5.29 Å². The summed E-state index contributed by atoms with van der Waals surface area (Å²) in [5, 5.41) is 3.28. The van der Waals surface area contributed by atoms with Gasteiger partial charge in [0.1, 0.15) is 0 Å². The topological polar surface area (TPSA) is 53.0 Å². The molecule has 0 unspecified atom stereocenters. The van der Waals surface area contributed by atoms with E-state index < -0.39 is 0 Å². The second-order valence-corrected chi connectivity index (χ2v) is 2.06. The first-order chi connectivity index (χ1) is 5.17. The molecular weight excluding hydrogens is 146 g/mol. The van der Waals surface area contributed by atoms with Gasteiger partial charge in [0.05, 0.1) is 5.29 Å². The first kappa shape index (κ1) is 9.87. The van der Waals surface area contributed by atoms with Crippen molar-refractivity contribution in [2.75, 3.05) is 20.1 Å². The molecule has 5 nitrogen and oxygen atoms in total. The zero-order chi connectivity index (χ0) is 8.85. The van der Waals surface area contributed by atoms with Gasteiger partial charge in [-0.05, 0) is 13.8 Å². The maximum absolute atomic E-state index is 11.1. The van der Waals surface area contributed by atoms with E-state index in [2.05, 4.69) is 5.29 Å². The molecule has 0 radical (unpaired) electrons. The van der Waals surface area contributed by atoms with E-state index in [1.165, 1.54) is 11.9 Å². The lowest BCUT2D eigenvalue weighted by atomic mass is 10.5. The van der Waals surface area contributed by atoms with E-state index in [1.807, 2.05) is 13.8 Å². The zero-order valence-electron chi connectivity index (χ0n) is 7.07. The fourth-order valence-electron chi connectivity index (χ4n) is 0.734. The highest BCUT2D eigenvalue weighted by atomic mass is 16.3. The Bertz CT molecular complexity index is 145. The maximum Gasteiger partial charge on any atom is 0.342 e. The van der Waals surface area contributed by atoms with Crippen molar-refractivity contribution in [3.8, 4) is 0 Å². The van der Waals surface area contributed by atoms with Crippen molar-refractivity contribution < 1.29 is 4.79 Å². The number of carbonyl (C=O) groups excluding carboxylic acids is 1. The summed E-state index contributed by atoms with van der Waals surface area (Å²) < 4.78 is 0. The van der Waals surface area contributed by atoms with Gasteiger partial charge in [0.15, 0.2) is 0 Å². The summed E-state index contributed by atoms with van der Waals surface area (Å²) in [5.74, 6) is 0. The summed E-state index contributed by atoms with van der Waals surface area (Å²) in [6, 6.07) is -0.356. The molecule has 0 aromatic heterocycles. The Morgan fingerprint density at radius 2 is 1.82 bits per heavy atom. The molecule has 0 atom stereocenters. The van der Waals surface area contributed by atoms with E-state index in [0.29, 0.717) is 13.1 Å². The quantitative estimate of drug-likeness (QED) is 0.456. The third-order valence-corrected chi connectivity index (χ3v) is 1.43. The van der Waals surface area contributed by atoms with Gasteiger partial charge in [-0.1, -0.05) is 0 Å². The van der Waals surface area contributed by atoms with Gasteiger partial charge in [-0.3, -0.25) is 0 Å². The molecule has 0 fully saturated rings. The van der Waals surface area contributed by atoms with E-state index in [1.54, 1.807) is 0 Å². The second-order valence-electron chi connectivity index (χ2n) is 2.06. The number of rotatable bonds is 3. The molecule has 0 rings (SSSR count). The Balaban J connectivity index is 4.08. The SMILES string of the molecule is CCN(CC)C(=O)N(C)N=O. The van der Waals surface area contributed by atoms with Crippen LogP contribution in [0.2, 0.25) is 0 Å². The number of hydrogen-bond acceptors (Lipinski definition) is 3. The molecule has 0 aliphatic heterocycles. The molecule has 64 valence electrons. The van der Waals surface area contributed by atoms with Crippen molar-refractivity contribution in [1.29, 1.82) is 0 Å². The molecule has 11 heavy (non-hydrogen) atoms. The number of nitrogens with zero attached hydrogens (tertiary/aromatic N) is 3. The summed E-state index contributed by atoms with van der Waals surface area (Å²) in [5.41, 5.74) is 0. The van der Waals surface area contributed by atoms with Crippen LogP contribution in [0.4, 0.5) is 4.79 Å². The molecule has 0 saturated carbocycles. The van der Waals surface area contributed by atoms with Crippen LogP contribution in [-0.4, -0.2) is 36.1 Å². The van der Waals surface area contributed by atoms with Gasteiger partial charge in [0.2, 0.25) is 0 Å². The highest BCUT2D eigenvalue weighted by Gasteiger charge is 2.14. The molecule has 2 amide bonds. The Morgan fingerprint density at radius 1 is 1.36 bits per heavy atom. The second kappa shape index (κ2) is 4.65. The molecule has 0 saturated heterocycles. The summed E-state index contributed by atoms with van der Waals surface area (Å²) in [4.78, 5) is 22.5. The summed E-state index contributed by atoms with van der Waals surface area (Å²) >= 11 is 0. The highest BCUT2D eigenvalue weighted by molar-refractivity contribution is 5.73. The average molecular weight is 159 g/mol. The molecule has 0 aromatic rings. The molecular formula is C6H13N3O2. The first-order valence-electron chi connectivity index (χ1n) is 3.53. The van der Waals surface area contributed by atoms with Gasteiger partial charge in [-0.25, -0.2) is 4.79 Å². The molecule has 0 aliphatic rings. The maximum atomic E-state index is 11.1. The Labute approximate surface area is 65.9 Å². The minimum atomic E-state index is -0.356. The molecule has 0 N–H and O–H groups in total. The van der Waals surface area contributed by atoms with E-state index in [9.17, 15) is 9.70 Å². The van der Waals surface area contributed by atoms with E-state index in [4.69, 9.17) is 0 Å². The summed E-state index contributed by atoms with van der Waals surface area (Å²) in [6.45, 7) is 4.88. The van der Waals surface area contributed by atoms with E-state index >= 15 is 0 Å². The predicted octanol–water partition coefficient (Wildman–Crippen LogP) is 1.06. The standard InChI is InChI=1S/C6H13N3O2/c1-4-9(5-2)6(10)8(3)7-11/h4-5H2,1-3H3. The van der Waals surface area contributed by atoms with Crippen LogP contribution in [0.5, 0.6) is 0 Å². The van der Waals surface area contributed by atoms with Crippen molar-refractivity contribution in [3.05, 3.63) is 4.91 Å². The number of carbonyl (C=O) groups is 1. The number of nitroso groups, excluding NO2 is 1. The minimum absolute atomic E-state index is 0.356. The minimum Gasteiger partial charge on any atom is -0.324 e. The molecule has 5 heteroatoms. The summed E-state index contributed by atoms with van der Waals surface area (Å²) in [7, 11) is 1.34. The molecule has 0 spiro atoms. The largest absolute Gasteiger partial charge is 0.342 e. The van der Waals surface area contributed by atoms with Crippen molar-refractivity contribution in [1.82, 2.24) is 9.91 Å². The monoisotopic (exact) mass is 159 g/mol. The van der Waals surface area contributed by atoms with Crippen LogP contribution in [-0.2, 0) is 0 Å². The number of hydrogen-bond donors (Lipinski definition) is 0. The van der Waals surface area contributed by atoms with Crippen molar-refractivity contribution in [3.63, 3.8) is 0 Å². The lowest BCUT2D eigenvalue weighted by Crippen LogP contribution is -2.38. The van der Waals surface area contributed by atoms with Gasteiger partial charge < -0.3 is 4.90 Å². The third-order valence-electron chi connectivity index (χ3n) is 1.43.